The van der Waals surface area contributed by atoms with Crippen LogP contribution < -0.4 is 24.8 Å². The number of nitrogens with one attached hydrogen (secondary N) is 2. The molecule has 2 N–H and O–H groups in total. The first kappa shape index (κ1) is 18.2. The Morgan fingerprint density at radius 2 is 1.68 bits per heavy atom. The fraction of sp³-hybridized carbons (Fsp3) is 0.294. The molecule has 0 aliphatic heterocycles. The molecule has 8 nitrogen and oxygen atoms in total. The molecule has 134 valence electrons. The number of hydrogen-bond acceptors (Lipinski definition) is 6. The first-order chi connectivity index (χ1) is 12.1. The maximum Gasteiger partial charge on any atom is 0.254 e. The number of benzene rings is 1. The van der Waals surface area contributed by atoms with Gasteiger partial charge in [0.15, 0.2) is 11.5 Å². The molecule has 25 heavy (non-hydrogen) atoms. The first-order valence-corrected chi connectivity index (χ1v) is 7.45. The van der Waals surface area contributed by atoms with Gasteiger partial charge in [0, 0.05) is 18.2 Å². The van der Waals surface area contributed by atoms with Crippen LogP contribution in [0.25, 0.3) is 0 Å². The Morgan fingerprint density at radius 3 is 2.28 bits per heavy atom. The van der Waals surface area contributed by atoms with Crippen molar-refractivity contribution in [3.63, 3.8) is 0 Å². The summed E-state index contributed by atoms with van der Waals surface area (Å²) in [6.07, 6.45) is 2.69. The van der Waals surface area contributed by atoms with Crippen molar-refractivity contribution in [2.24, 2.45) is 0 Å². The van der Waals surface area contributed by atoms with E-state index in [4.69, 9.17) is 18.6 Å². The molecular formula is C17H20N2O6. The van der Waals surface area contributed by atoms with Crippen molar-refractivity contribution in [2.45, 2.75) is 6.54 Å². The van der Waals surface area contributed by atoms with Crippen LogP contribution in [0.3, 0.4) is 0 Å². The van der Waals surface area contributed by atoms with E-state index in [1.165, 1.54) is 39.9 Å². The number of amides is 2. The lowest BCUT2D eigenvalue weighted by Crippen LogP contribution is -2.36. The summed E-state index contributed by atoms with van der Waals surface area (Å²) in [5.74, 6) is 0.893. The van der Waals surface area contributed by atoms with Gasteiger partial charge in [0.05, 0.1) is 39.7 Å². The molecule has 0 aliphatic rings. The predicted molar refractivity (Wildman–Crippen MR) is 89.0 cm³/mol. The second-order valence-corrected chi connectivity index (χ2v) is 4.99. The summed E-state index contributed by atoms with van der Waals surface area (Å²) in [5, 5.41) is 5.21. The van der Waals surface area contributed by atoms with Crippen LogP contribution in [0.2, 0.25) is 0 Å². The molecule has 1 aromatic heterocycles. The smallest absolute Gasteiger partial charge is 0.254 e. The van der Waals surface area contributed by atoms with Crippen LogP contribution >= 0.6 is 0 Å². The minimum Gasteiger partial charge on any atom is -0.496 e. The molecule has 2 aromatic rings. The highest BCUT2D eigenvalue weighted by Gasteiger charge is 2.13. The molecular weight excluding hydrogens is 328 g/mol. The van der Waals surface area contributed by atoms with Crippen LogP contribution in [0.5, 0.6) is 17.2 Å². The van der Waals surface area contributed by atoms with Crippen molar-refractivity contribution in [2.75, 3.05) is 27.9 Å². The molecule has 0 fully saturated rings. The van der Waals surface area contributed by atoms with Gasteiger partial charge >= 0.3 is 0 Å². The predicted octanol–water partition coefficient (Wildman–Crippen LogP) is 1.35. The van der Waals surface area contributed by atoms with Gasteiger partial charge in [-0.3, -0.25) is 9.59 Å². The zero-order valence-electron chi connectivity index (χ0n) is 14.3. The fourth-order valence-electron chi connectivity index (χ4n) is 2.14. The van der Waals surface area contributed by atoms with Gasteiger partial charge in [0.1, 0.15) is 12.0 Å². The first-order valence-electron chi connectivity index (χ1n) is 7.45. The van der Waals surface area contributed by atoms with E-state index in [1.54, 1.807) is 12.1 Å². The number of rotatable bonds is 8. The van der Waals surface area contributed by atoms with Gasteiger partial charge in [0.2, 0.25) is 5.91 Å². The minimum atomic E-state index is -0.382. The van der Waals surface area contributed by atoms with E-state index in [-0.39, 0.29) is 24.9 Å². The van der Waals surface area contributed by atoms with Crippen molar-refractivity contribution < 1.29 is 28.2 Å². The van der Waals surface area contributed by atoms with Crippen LogP contribution in [0.4, 0.5) is 0 Å². The number of hydrogen-bond donors (Lipinski definition) is 2. The summed E-state index contributed by atoms with van der Waals surface area (Å²) < 4.78 is 20.6. The quantitative estimate of drug-likeness (QED) is 0.747. The highest BCUT2D eigenvalue weighted by molar-refractivity contribution is 5.96. The van der Waals surface area contributed by atoms with Crippen molar-refractivity contribution in [3.8, 4) is 17.2 Å². The van der Waals surface area contributed by atoms with Gasteiger partial charge in [-0.1, -0.05) is 0 Å². The Balaban J connectivity index is 1.93. The number of carbonyl (C=O) groups excluding carboxylic acids is 2. The molecule has 0 bridgehead atoms. The Bertz CT molecular complexity index is 727. The molecule has 0 atom stereocenters. The summed E-state index contributed by atoms with van der Waals surface area (Å²) in [6, 6.07) is 4.92. The van der Waals surface area contributed by atoms with Gasteiger partial charge in [-0.2, -0.15) is 0 Å². The number of ether oxygens (including phenoxy) is 3. The average molecular weight is 348 g/mol. The van der Waals surface area contributed by atoms with Gasteiger partial charge < -0.3 is 29.3 Å². The van der Waals surface area contributed by atoms with E-state index in [2.05, 4.69) is 10.6 Å². The monoisotopic (exact) mass is 348 g/mol. The van der Waals surface area contributed by atoms with Crippen molar-refractivity contribution in [1.82, 2.24) is 10.6 Å². The van der Waals surface area contributed by atoms with Crippen LogP contribution in [-0.4, -0.2) is 39.7 Å². The van der Waals surface area contributed by atoms with Crippen LogP contribution in [-0.2, 0) is 11.3 Å². The zero-order chi connectivity index (χ0) is 18.2. The van der Waals surface area contributed by atoms with E-state index in [1.807, 2.05) is 0 Å². The molecule has 1 aromatic carbocycles. The molecule has 0 saturated carbocycles. The van der Waals surface area contributed by atoms with Gasteiger partial charge in [-0.25, -0.2) is 0 Å². The average Bonchev–Trinajstić information content (AvgIpc) is 3.18. The summed E-state index contributed by atoms with van der Waals surface area (Å²) in [6.45, 7) is 0.0591. The second-order valence-electron chi connectivity index (χ2n) is 4.99. The SMILES string of the molecule is COc1cc(OC)c(OC)cc1CNC(=O)CNC(=O)c1ccoc1. The van der Waals surface area contributed by atoms with Gasteiger partial charge in [0.25, 0.3) is 5.91 Å². The highest BCUT2D eigenvalue weighted by atomic mass is 16.5. The second kappa shape index (κ2) is 8.62. The fourth-order valence-corrected chi connectivity index (χ4v) is 2.14. The molecule has 8 heteroatoms. The molecule has 1 heterocycles. The number of carbonyl (C=O) groups is 2. The molecule has 2 rings (SSSR count). The molecule has 0 unspecified atom stereocenters. The van der Waals surface area contributed by atoms with E-state index in [9.17, 15) is 9.59 Å². The lowest BCUT2D eigenvalue weighted by atomic mass is 10.1. The van der Waals surface area contributed by atoms with E-state index in [0.717, 1.165) is 5.56 Å². The third-order valence-corrected chi connectivity index (χ3v) is 3.46. The topological polar surface area (TPSA) is 99.0 Å². The summed E-state index contributed by atoms with van der Waals surface area (Å²) in [7, 11) is 4.58. The zero-order valence-corrected chi connectivity index (χ0v) is 14.3. The van der Waals surface area contributed by atoms with Crippen molar-refractivity contribution >= 4 is 11.8 Å². The highest BCUT2D eigenvalue weighted by Crippen LogP contribution is 2.34. The normalized spacial score (nSPS) is 10.0. The summed E-state index contributed by atoms with van der Waals surface area (Å²) in [5.41, 5.74) is 1.07. The Labute approximate surface area is 145 Å². The Morgan fingerprint density at radius 1 is 1.00 bits per heavy atom. The molecule has 2 amide bonds. The standard InChI is InChI=1S/C17H20N2O6/c1-22-13-7-15(24-3)14(23-2)6-12(13)8-18-16(20)9-19-17(21)11-4-5-25-10-11/h4-7,10H,8-9H2,1-3H3,(H,18,20)(H,19,21). The molecule has 0 radical (unpaired) electrons. The Kier molecular flexibility index (Phi) is 6.27. The maximum atomic E-state index is 11.9. The van der Waals surface area contributed by atoms with E-state index in [0.29, 0.717) is 22.8 Å². The Hall–Kier alpha value is -3.16. The largest absolute Gasteiger partial charge is 0.496 e. The van der Waals surface area contributed by atoms with Crippen LogP contribution in [0.1, 0.15) is 15.9 Å². The molecule has 0 aliphatic carbocycles. The lowest BCUT2D eigenvalue weighted by Gasteiger charge is -2.14. The van der Waals surface area contributed by atoms with Crippen LogP contribution in [0, 0.1) is 0 Å². The van der Waals surface area contributed by atoms with Crippen molar-refractivity contribution in [3.05, 3.63) is 41.9 Å². The lowest BCUT2D eigenvalue weighted by molar-refractivity contribution is -0.120. The van der Waals surface area contributed by atoms with E-state index >= 15 is 0 Å². The number of furan rings is 1. The van der Waals surface area contributed by atoms with E-state index < -0.39 is 0 Å². The van der Waals surface area contributed by atoms with Gasteiger partial charge in [-0.15, -0.1) is 0 Å². The molecule has 0 saturated heterocycles. The third kappa shape index (κ3) is 4.66. The minimum absolute atomic E-state index is 0.153. The van der Waals surface area contributed by atoms with Crippen LogP contribution in [0.15, 0.2) is 35.1 Å². The summed E-state index contributed by atoms with van der Waals surface area (Å²) in [4.78, 5) is 23.7. The number of methoxy groups -OCH3 is 3. The molecule has 0 spiro atoms. The third-order valence-electron chi connectivity index (χ3n) is 3.46. The van der Waals surface area contributed by atoms with Crippen molar-refractivity contribution in [1.29, 1.82) is 0 Å². The summed E-state index contributed by atoms with van der Waals surface area (Å²) >= 11 is 0. The maximum absolute atomic E-state index is 11.9. The van der Waals surface area contributed by atoms with Gasteiger partial charge in [-0.05, 0) is 12.1 Å².